The third-order valence-electron chi connectivity index (χ3n) is 3.86. The lowest BCUT2D eigenvalue weighted by Gasteiger charge is -2.15. The van der Waals surface area contributed by atoms with E-state index in [0.29, 0.717) is 5.75 Å². The molecule has 0 fully saturated rings. The van der Waals surface area contributed by atoms with Gasteiger partial charge in [-0.1, -0.05) is 48.5 Å². The van der Waals surface area contributed by atoms with Crippen LogP contribution in [-0.2, 0) is 4.79 Å². The zero-order chi connectivity index (χ0) is 16.9. The fraction of sp³-hybridized carbons (Fsp3) is 0.150. The summed E-state index contributed by atoms with van der Waals surface area (Å²) in [4.78, 5) is 12.1. The quantitative estimate of drug-likeness (QED) is 0.763. The normalized spacial score (nSPS) is 11.9. The summed E-state index contributed by atoms with van der Waals surface area (Å²) in [6.45, 7) is 1.78. The van der Waals surface area contributed by atoms with E-state index in [1.165, 1.54) is 12.1 Å². The third kappa shape index (κ3) is 3.71. The van der Waals surface area contributed by atoms with Crippen molar-refractivity contribution < 1.29 is 13.9 Å². The number of nitrogens with one attached hydrogen (secondary N) is 1. The summed E-state index contributed by atoms with van der Waals surface area (Å²) in [5.74, 6) is 0.161. The van der Waals surface area contributed by atoms with Gasteiger partial charge in [0.15, 0.2) is 6.61 Å². The molecular formula is C20H18FNO2. The monoisotopic (exact) mass is 323 g/mol. The molecule has 0 radical (unpaired) electrons. The van der Waals surface area contributed by atoms with Crippen LogP contribution in [0.25, 0.3) is 10.8 Å². The molecule has 4 heteroatoms. The van der Waals surface area contributed by atoms with E-state index in [0.717, 1.165) is 16.3 Å². The highest BCUT2D eigenvalue weighted by Gasteiger charge is 2.11. The van der Waals surface area contributed by atoms with Crippen LogP contribution in [0.2, 0.25) is 0 Å². The second-order valence-electron chi connectivity index (χ2n) is 5.61. The minimum atomic E-state index is -0.295. The Bertz CT molecular complexity index is 840. The van der Waals surface area contributed by atoms with Crippen LogP contribution in [0.4, 0.5) is 4.39 Å². The van der Waals surface area contributed by atoms with E-state index in [1.54, 1.807) is 12.1 Å². The minimum absolute atomic E-state index is 0.0699. The van der Waals surface area contributed by atoms with Crippen LogP contribution in [0.1, 0.15) is 18.5 Å². The fourth-order valence-electron chi connectivity index (χ4n) is 2.58. The van der Waals surface area contributed by atoms with Crippen LogP contribution in [0, 0.1) is 5.82 Å². The first-order valence-electron chi connectivity index (χ1n) is 7.79. The Balaban J connectivity index is 1.62. The predicted octanol–water partition coefficient (Wildman–Crippen LogP) is 4.24. The highest BCUT2D eigenvalue weighted by atomic mass is 19.1. The minimum Gasteiger partial charge on any atom is -0.483 e. The number of hydrogen-bond donors (Lipinski definition) is 1. The number of ether oxygens (including phenoxy) is 1. The zero-order valence-corrected chi connectivity index (χ0v) is 13.3. The molecule has 0 bridgehead atoms. The smallest absolute Gasteiger partial charge is 0.258 e. The number of rotatable bonds is 5. The molecule has 0 aliphatic heterocycles. The van der Waals surface area contributed by atoms with Crippen molar-refractivity contribution in [1.29, 1.82) is 0 Å². The van der Waals surface area contributed by atoms with Gasteiger partial charge in [-0.2, -0.15) is 0 Å². The number of carbonyl (C=O) groups is 1. The van der Waals surface area contributed by atoms with Crippen LogP contribution in [0.3, 0.4) is 0 Å². The van der Waals surface area contributed by atoms with E-state index in [1.807, 2.05) is 49.4 Å². The van der Waals surface area contributed by atoms with Gasteiger partial charge >= 0.3 is 0 Å². The Hall–Kier alpha value is -2.88. The zero-order valence-electron chi connectivity index (χ0n) is 13.3. The summed E-state index contributed by atoms with van der Waals surface area (Å²) in [6, 6.07) is 19.5. The Morgan fingerprint density at radius 3 is 2.54 bits per heavy atom. The van der Waals surface area contributed by atoms with Crippen molar-refractivity contribution in [2.75, 3.05) is 6.61 Å². The van der Waals surface area contributed by atoms with E-state index in [-0.39, 0.29) is 24.4 Å². The fourth-order valence-corrected chi connectivity index (χ4v) is 2.58. The van der Waals surface area contributed by atoms with Gasteiger partial charge in [0.1, 0.15) is 11.6 Å². The van der Waals surface area contributed by atoms with E-state index in [4.69, 9.17) is 4.74 Å². The lowest BCUT2D eigenvalue weighted by molar-refractivity contribution is -0.123. The van der Waals surface area contributed by atoms with E-state index >= 15 is 0 Å². The summed E-state index contributed by atoms with van der Waals surface area (Å²) in [6.07, 6.45) is 0. The molecular weight excluding hydrogens is 305 g/mol. The highest BCUT2D eigenvalue weighted by molar-refractivity contribution is 5.88. The molecule has 1 atom stereocenters. The Kier molecular flexibility index (Phi) is 4.75. The van der Waals surface area contributed by atoms with Gasteiger partial charge in [0, 0.05) is 5.39 Å². The number of fused-ring (bicyclic) bond motifs is 1. The SMILES string of the molecule is C[C@H](NC(=O)COc1cccc2ccccc12)c1ccc(F)cc1. The molecule has 0 aliphatic carbocycles. The molecule has 0 aromatic heterocycles. The van der Waals surface area contributed by atoms with E-state index in [2.05, 4.69) is 5.32 Å². The molecule has 0 saturated carbocycles. The number of hydrogen-bond acceptors (Lipinski definition) is 2. The molecule has 0 saturated heterocycles. The maximum atomic E-state index is 12.9. The van der Waals surface area contributed by atoms with Crippen LogP contribution in [0.15, 0.2) is 66.7 Å². The molecule has 0 unspecified atom stereocenters. The molecule has 3 aromatic rings. The third-order valence-corrected chi connectivity index (χ3v) is 3.86. The van der Waals surface area contributed by atoms with Gasteiger partial charge in [0.05, 0.1) is 6.04 Å². The van der Waals surface area contributed by atoms with E-state index in [9.17, 15) is 9.18 Å². The van der Waals surface area contributed by atoms with Gasteiger partial charge < -0.3 is 10.1 Å². The van der Waals surface area contributed by atoms with Crippen molar-refractivity contribution in [1.82, 2.24) is 5.32 Å². The first-order chi connectivity index (χ1) is 11.6. The maximum absolute atomic E-state index is 12.9. The van der Waals surface area contributed by atoms with Gasteiger partial charge in [0.2, 0.25) is 0 Å². The second-order valence-corrected chi connectivity index (χ2v) is 5.61. The first kappa shape index (κ1) is 16.0. The Morgan fingerprint density at radius 2 is 1.75 bits per heavy atom. The summed E-state index contributed by atoms with van der Waals surface area (Å²) < 4.78 is 18.6. The summed E-state index contributed by atoms with van der Waals surface area (Å²) in [7, 11) is 0. The molecule has 3 nitrogen and oxygen atoms in total. The van der Waals surface area contributed by atoms with Crippen LogP contribution < -0.4 is 10.1 Å². The molecule has 122 valence electrons. The molecule has 0 spiro atoms. The van der Waals surface area contributed by atoms with Crippen LogP contribution in [0.5, 0.6) is 5.75 Å². The average molecular weight is 323 g/mol. The number of amides is 1. The van der Waals surface area contributed by atoms with Crippen molar-refractivity contribution in [3.63, 3.8) is 0 Å². The van der Waals surface area contributed by atoms with Gasteiger partial charge in [-0.3, -0.25) is 4.79 Å². The standard InChI is InChI=1S/C20H18FNO2/c1-14(15-9-11-17(21)12-10-15)22-20(23)13-24-19-8-4-6-16-5-2-3-7-18(16)19/h2-12,14H,13H2,1H3,(H,22,23)/t14-/m0/s1. The van der Waals surface area contributed by atoms with Gasteiger partial charge in [-0.15, -0.1) is 0 Å². The van der Waals surface area contributed by atoms with Crippen molar-refractivity contribution in [2.24, 2.45) is 0 Å². The molecule has 0 heterocycles. The average Bonchev–Trinajstić information content (AvgIpc) is 2.60. The topological polar surface area (TPSA) is 38.3 Å². The first-order valence-corrected chi connectivity index (χ1v) is 7.79. The molecule has 24 heavy (non-hydrogen) atoms. The van der Waals surface area contributed by atoms with Gasteiger partial charge in [0.25, 0.3) is 5.91 Å². The molecule has 3 aromatic carbocycles. The second kappa shape index (κ2) is 7.13. The molecule has 3 rings (SSSR count). The highest BCUT2D eigenvalue weighted by Crippen LogP contribution is 2.25. The van der Waals surface area contributed by atoms with Crippen molar-refractivity contribution in [3.8, 4) is 5.75 Å². The lowest BCUT2D eigenvalue weighted by Crippen LogP contribution is -2.31. The molecule has 1 N–H and O–H groups in total. The molecule has 1 amide bonds. The summed E-state index contributed by atoms with van der Waals surface area (Å²) in [5.41, 5.74) is 0.843. The lowest BCUT2D eigenvalue weighted by atomic mass is 10.1. The van der Waals surface area contributed by atoms with Crippen molar-refractivity contribution >= 4 is 16.7 Å². The van der Waals surface area contributed by atoms with Crippen molar-refractivity contribution in [2.45, 2.75) is 13.0 Å². The molecule has 0 aliphatic rings. The predicted molar refractivity (Wildman–Crippen MR) is 92.4 cm³/mol. The Labute approximate surface area is 140 Å². The maximum Gasteiger partial charge on any atom is 0.258 e. The number of halogens is 1. The van der Waals surface area contributed by atoms with Gasteiger partial charge in [-0.05, 0) is 36.1 Å². The number of carbonyl (C=O) groups excluding carboxylic acids is 1. The summed E-state index contributed by atoms with van der Waals surface area (Å²) >= 11 is 0. The van der Waals surface area contributed by atoms with Gasteiger partial charge in [-0.25, -0.2) is 4.39 Å². The van der Waals surface area contributed by atoms with Crippen molar-refractivity contribution in [3.05, 3.63) is 78.1 Å². The number of benzene rings is 3. The summed E-state index contributed by atoms with van der Waals surface area (Å²) in [5, 5.41) is 4.88. The van der Waals surface area contributed by atoms with Crippen LogP contribution >= 0.6 is 0 Å². The Morgan fingerprint density at radius 1 is 1.04 bits per heavy atom. The largest absolute Gasteiger partial charge is 0.483 e. The van der Waals surface area contributed by atoms with E-state index < -0.39 is 0 Å². The van der Waals surface area contributed by atoms with Crippen LogP contribution in [-0.4, -0.2) is 12.5 Å².